The highest BCUT2D eigenvalue weighted by molar-refractivity contribution is 5.69. The molecule has 0 aliphatic carbocycles. The molecule has 0 radical (unpaired) electrons. The molecule has 0 spiro atoms. The quantitative estimate of drug-likeness (QED) is 0.0245. The van der Waals surface area contributed by atoms with Gasteiger partial charge in [-0.1, -0.05) is 90.2 Å². The van der Waals surface area contributed by atoms with Gasteiger partial charge in [0.25, 0.3) is 0 Å². The molecule has 24 nitrogen and oxygen atoms in total. The van der Waals surface area contributed by atoms with Gasteiger partial charge in [0.1, 0.15) is 6.61 Å². The Morgan fingerprint density at radius 3 is 0.777 bits per heavy atom. The molecule has 1 rings (SSSR count). The van der Waals surface area contributed by atoms with Gasteiger partial charge in [-0.2, -0.15) is 0 Å². The number of esters is 1. The zero-order valence-corrected chi connectivity index (χ0v) is 59.8. The van der Waals surface area contributed by atoms with Crippen molar-refractivity contribution < 1.29 is 109 Å². The van der Waals surface area contributed by atoms with Gasteiger partial charge in [-0.05, 0) is 38.5 Å². The summed E-state index contributed by atoms with van der Waals surface area (Å²) in [4.78, 5) is 14.5. The summed E-state index contributed by atoms with van der Waals surface area (Å²) in [5, 5.41) is 0. The van der Waals surface area contributed by atoms with Crippen molar-refractivity contribution >= 4 is 5.97 Å². The van der Waals surface area contributed by atoms with Crippen molar-refractivity contribution in [3.8, 4) is 0 Å². The van der Waals surface area contributed by atoms with Gasteiger partial charge in [0, 0.05) is 26.2 Å². The van der Waals surface area contributed by atoms with Crippen LogP contribution in [0.1, 0.15) is 123 Å². The summed E-state index contributed by atoms with van der Waals surface area (Å²) in [6, 6.07) is 0. The lowest BCUT2D eigenvalue weighted by molar-refractivity contribution is -0.913. The Kier molecular flexibility index (Phi) is 75.6. The zero-order chi connectivity index (χ0) is 67.2. The minimum atomic E-state index is -0.168. The number of piperazine rings is 1. The molecule has 24 heteroatoms. The fraction of sp³-hybridized carbons (Fsp3) is 0.957. The van der Waals surface area contributed by atoms with Crippen molar-refractivity contribution in [3.63, 3.8) is 0 Å². The molecular weight excluding hydrogens is 1220 g/mol. The maximum Gasteiger partial charge on any atom is 0.307 e. The Balaban J connectivity index is 1.60. The van der Waals surface area contributed by atoms with Crippen molar-refractivity contribution in [1.29, 1.82) is 0 Å². The first-order valence-electron chi connectivity index (χ1n) is 36.5. The minimum Gasteiger partial charge on any atom is -0.463 e. The third-order valence-electron chi connectivity index (χ3n) is 15.0. The summed E-state index contributed by atoms with van der Waals surface area (Å²) in [5.74, 6) is -0.168. The lowest BCUT2D eigenvalue weighted by Crippen LogP contribution is -2.57. The van der Waals surface area contributed by atoms with E-state index in [1.54, 1.807) is 0 Å². The average molecular weight is 1360 g/mol. The first-order chi connectivity index (χ1) is 46.6. The number of carbonyl (C=O) groups excluding carboxylic acids is 1. The number of likely N-dealkylation sites (N-methyl/N-ethyl adjacent to an activating group) is 1. The number of nitrogens with zero attached hydrogens (tertiary/aromatic N) is 2. The van der Waals surface area contributed by atoms with Crippen LogP contribution in [0.25, 0.3) is 0 Å². The number of allylic oxidation sites excluding steroid dienone is 2. The van der Waals surface area contributed by atoms with Gasteiger partial charge in [0.05, 0.1) is 291 Å². The second-order valence-electron chi connectivity index (χ2n) is 23.1. The SMILES string of the molecule is CCCCCCCC/C=C/CCCCCCCCOCCOCCOCCOCCOCCOCCOCCOCCOCCOCCOCCOCCOCCOCCOCCOCCOCCOCCOCCOCCOC(=O)CCN1CC[N+](C)(CCCC)CC1. The topological polar surface area (TPSA) is 214 Å². The van der Waals surface area contributed by atoms with E-state index in [0.29, 0.717) is 264 Å². The van der Waals surface area contributed by atoms with Gasteiger partial charge in [-0.25, -0.2) is 0 Å². The van der Waals surface area contributed by atoms with Crippen LogP contribution in [0.4, 0.5) is 0 Å². The number of unbranched alkanes of at least 4 members (excludes halogenated alkanes) is 13. The molecule has 1 aliphatic heterocycles. The molecule has 1 saturated heterocycles. The number of carbonyl (C=O) groups is 1. The van der Waals surface area contributed by atoms with Crippen molar-refractivity contribution in [1.82, 2.24) is 4.90 Å². The van der Waals surface area contributed by atoms with E-state index in [0.717, 1.165) is 50.2 Å². The first-order valence-corrected chi connectivity index (χ1v) is 36.5. The van der Waals surface area contributed by atoms with Crippen LogP contribution in [0.2, 0.25) is 0 Å². The average Bonchev–Trinajstić information content (AvgIpc) is 0.919. The van der Waals surface area contributed by atoms with Crippen LogP contribution in [0.3, 0.4) is 0 Å². The van der Waals surface area contributed by atoms with Crippen LogP contribution in [-0.2, 0) is 104 Å². The lowest BCUT2D eigenvalue weighted by Gasteiger charge is -2.42. The molecule has 94 heavy (non-hydrogen) atoms. The van der Waals surface area contributed by atoms with E-state index in [1.165, 1.54) is 103 Å². The minimum absolute atomic E-state index is 0.168. The highest BCUT2D eigenvalue weighted by Crippen LogP contribution is 2.13. The maximum absolute atomic E-state index is 12.1. The largest absolute Gasteiger partial charge is 0.463 e. The third kappa shape index (κ3) is 73.1. The van der Waals surface area contributed by atoms with E-state index in [2.05, 4.69) is 37.9 Å². The Bertz CT molecular complexity index is 1480. The van der Waals surface area contributed by atoms with Crippen LogP contribution < -0.4 is 0 Å². The van der Waals surface area contributed by atoms with Crippen LogP contribution in [0.5, 0.6) is 0 Å². The second kappa shape index (κ2) is 78.7. The normalized spacial score (nSPS) is 13.6. The van der Waals surface area contributed by atoms with Gasteiger partial charge < -0.3 is 104 Å². The fourth-order valence-electron chi connectivity index (χ4n) is 9.24. The summed E-state index contributed by atoms with van der Waals surface area (Å²) >= 11 is 0. The smallest absolute Gasteiger partial charge is 0.307 e. The fourth-order valence-corrected chi connectivity index (χ4v) is 9.24. The van der Waals surface area contributed by atoms with Gasteiger partial charge in [-0.15, -0.1) is 0 Å². The van der Waals surface area contributed by atoms with Crippen molar-refractivity contribution in [2.75, 3.05) is 317 Å². The summed E-state index contributed by atoms with van der Waals surface area (Å²) in [6.07, 6.45) is 26.1. The Hall–Kier alpha value is -1.67. The van der Waals surface area contributed by atoms with E-state index >= 15 is 0 Å². The van der Waals surface area contributed by atoms with Crippen molar-refractivity contribution in [2.45, 2.75) is 123 Å². The van der Waals surface area contributed by atoms with Gasteiger partial charge in [-0.3, -0.25) is 9.69 Å². The molecule has 0 atom stereocenters. The second-order valence-corrected chi connectivity index (χ2v) is 23.1. The van der Waals surface area contributed by atoms with E-state index in [9.17, 15) is 4.79 Å². The van der Waals surface area contributed by atoms with E-state index in [-0.39, 0.29) is 12.6 Å². The van der Waals surface area contributed by atoms with Gasteiger partial charge in [0.15, 0.2) is 0 Å². The molecule has 0 unspecified atom stereocenters. The molecule has 0 saturated carbocycles. The maximum atomic E-state index is 12.1. The standard InChI is InChI=1S/C70H139N2O22/c1-4-6-8-9-10-11-12-13-14-15-16-17-18-19-20-21-29-74-30-31-75-32-33-76-34-35-77-36-37-78-38-39-79-40-41-80-42-43-81-44-45-82-46-47-83-48-49-84-50-51-85-52-53-86-54-55-87-56-57-88-58-59-89-60-61-90-62-63-91-64-65-92-66-67-93-68-69-94-70(73)22-23-71-24-27-72(3,28-25-71)26-7-5-2/h13-14H,4-12,15-69H2,1-3H3/q+1/b14-13+. The molecule has 0 bridgehead atoms. The number of ether oxygens (including phenoxy) is 21. The van der Waals surface area contributed by atoms with Crippen LogP contribution in [-0.4, -0.2) is 333 Å². The first kappa shape index (κ1) is 90.3. The predicted octanol–water partition coefficient (Wildman–Crippen LogP) is 7.85. The van der Waals surface area contributed by atoms with Crippen molar-refractivity contribution in [2.24, 2.45) is 0 Å². The Morgan fingerprint density at radius 2 is 0.511 bits per heavy atom. The zero-order valence-electron chi connectivity index (χ0n) is 59.8. The molecular formula is C70H139N2O22+. The van der Waals surface area contributed by atoms with E-state index < -0.39 is 0 Å². The molecule has 560 valence electrons. The van der Waals surface area contributed by atoms with Gasteiger partial charge in [0.2, 0.25) is 0 Å². The molecule has 0 aromatic rings. The number of rotatable bonds is 82. The molecule has 0 N–H and O–H groups in total. The van der Waals surface area contributed by atoms with Crippen LogP contribution in [0.15, 0.2) is 12.2 Å². The molecule has 0 aromatic heterocycles. The summed E-state index contributed by atoms with van der Waals surface area (Å²) in [6.45, 7) is 31.3. The molecule has 1 aliphatic rings. The van der Waals surface area contributed by atoms with E-state index in [4.69, 9.17) is 99.5 Å². The van der Waals surface area contributed by atoms with Crippen LogP contribution in [0, 0.1) is 0 Å². The van der Waals surface area contributed by atoms with Crippen LogP contribution >= 0.6 is 0 Å². The predicted molar refractivity (Wildman–Crippen MR) is 364 cm³/mol. The molecule has 1 heterocycles. The lowest BCUT2D eigenvalue weighted by atomic mass is 10.1. The highest BCUT2D eigenvalue weighted by atomic mass is 16.6. The van der Waals surface area contributed by atoms with E-state index in [1.807, 2.05) is 0 Å². The Labute approximate surface area is 570 Å². The monoisotopic (exact) mass is 1360 g/mol. The highest BCUT2D eigenvalue weighted by Gasteiger charge is 2.28. The number of hydrogen-bond donors (Lipinski definition) is 0. The Morgan fingerprint density at radius 1 is 0.287 bits per heavy atom. The van der Waals surface area contributed by atoms with Gasteiger partial charge >= 0.3 is 5.97 Å². The number of hydrogen-bond acceptors (Lipinski definition) is 23. The third-order valence-corrected chi connectivity index (χ3v) is 15.0. The molecule has 0 aromatic carbocycles. The summed E-state index contributed by atoms with van der Waals surface area (Å²) in [5.41, 5.74) is 0. The molecule has 0 amide bonds. The van der Waals surface area contributed by atoms with Crippen molar-refractivity contribution in [3.05, 3.63) is 12.2 Å². The number of quaternary nitrogens is 1. The summed E-state index contributed by atoms with van der Waals surface area (Å²) < 4.78 is 118. The molecule has 1 fully saturated rings. The summed E-state index contributed by atoms with van der Waals surface area (Å²) in [7, 11) is 2.35.